The number of hydrogen-bond acceptors (Lipinski definition) is 5. The van der Waals surface area contributed by atoms with E-state index < -0.39 is 11.8 Å². The Balaban J connectivity index is 1.64. The van der Waals surface area contributed by atoms with Gasteiger partial charge in [0.1, 0.15) is 21.7 Å². The molecule has 29 heavy (non-hydrogen) atoms. The maximum Gasteiger partial charge on any atom is 0.303 e. The van der Waals surface area contributed by atoms with Crippen LogP contribution in [0.15, 0.2) is 39.7 Å². The van der Waals surface area contributed by atoms with Gasteiger partial charge in [0.05, 0.1) is 9.93 Å². The largest absolute Gasteiger partial charge is 0.481 e. The molecule has 3 rings (SSSR count). The molecule has 1 fully saturated rings. The second-order valence-electron chi connectivity index (χ2n) is 6.37. The molecule has 2 aromatic rings. The monoisotopic (exact) mass is 453 g/mol. The number of rotatable bonds is 8. The van der Waals surface area contributed by atoms with Crippen LogP contribution in [0, 0.1) is 5.82 Å². The summed E-state index contributed by atoms with van der Waals surface area (Å²) >= 11 is 12.3. The molecular formula is C20H17ClFNO4S2. The van der Waals surface area contributed by atoms with E-state index in [1.54, 1.807) is 24.3 Å². The Morgan fingerprint density at radius 3 is 2.79 bits per heavy atom. The first-order valence-electron chi connectivity index (χ1n) is 8.87. The number of carbonyl (C=O) groups is 2. The normalized spacial score (nSPS) is 15.5. The maximum atomic E-state index is 13.3. The number of furan rings is 1. The van der Waals surface area contributed by atoms with E-state index in [9.17, 15) is 14.0 Å². The SMILES string of the molecule is O=C(O)CCCCCN1C(=O)/C(=C/c2ccc(-c3ccc(F)c(Cl)c3)o2)SC1=S. The van der Waals surface area contributed by atoms with Gasteiger partial charge < -0.3 is 9.52 Å². The minimum atomic E-state index is -0.820. The number of amides is 1. The van der Waals surface area contributed by atoms with Gasteiger partial charge in [-0.2, -0.15) is 0 Å². The highest BCUT2D eigenvalue weighted by atomic mass is 35.5. The first-order valence-corrected chi connectivity index (χ1v) is 10.5. The number of unbranched alkanes of at least 4 members (excludes halogenated alkanes) is 2. The molecule has 1 amide bonds. The fourth-order valence-electron chi connectivity index (χ4n) is 2.78. The van der Waals surface area contributed by atoms with E-state index in [-0.39, 0.29) is 17.4 Å². The van der Waals surface area contributed by atoms with Gasteiger partial charge in [0.15, 0.2) is 0 Å². The van der Waals surface area contributed by atoms with Crippen molar-refractivity contribution in [1.29, 1.82) is 0 Å². The van der Waals surface area contributed by atoms with Crippen molar-refractivity contribution in [2.75, 3.05) is 6.54 Å². The Bertz CT molecular complexity index is 989. The third-order valence-corrected chi connectivity index (χ3v) is 5.92. The Morgan fingerprint density at radius 1 is 1.28 bits per heavy atom. The van der Waals surface area contributed by atoms with E-state index in [0.717, 1.165) is 0 Å². The Kier molecular flexibility index (Phi) is 7.10. The van der Waals surface area contributed by atoms with Gasteiger partial charge in [-0.15, -0.1) is 0 Å². The van der Waals surface area contributed by atoms with E-state index in [4.69, 9.17) is 33.3 Å². The summed E-state index contributed by atoms with van der Waals surface area (Å²) < 4.78 is 19.5. The average Bonchev–Trinajstić information content (AvgIpc) is 3.23. The van der Waals surface area contributed by atoms with Gasteiger partial charge >= 0.3 is 5.97 Å². The lowest BCUT2D eigenvalue weighted by Gasteiger charge is -2.13. The zero-order valence-corrected chi connectivity index (χ0v) is 17.6. The summed E-state index contributed by atoms with van der Waals surface area (Å²) in [5.74, 6) is -0.538. The fourth-order valence-corrected chi connectivity index (χ4v) is 4.25. The van der Waals surface area contributed by atoms with Crippen LogP contribution in [0.2, 0.25) is 5.02 Å². The molecule has 0 atom stereocenters. The number of hydrogen-bond donors (Lipinski definition) is 1. The second-order valence-corrected chi connectivity index (χ2v) is 8.45. The molecule has 1 saturated heterocycles. The minimum Gasteiger partial charge on any atom is -0.481 e. The summed E-state index contributed by atoms with van der Waals surface area (Å²) in [5, 5.41) is 8.66. The molecule has 1 N–H and O–H groups in total. The van der Waals surface area contributed by atoms with Crippen LogP contribution in [0.1, 0.15) is 31.4 Å². The van der Waals surface area contributed by atoms with Crippen LogP contribution in [-0.2, 0) is 9.59 Å². The number of carbonyl (C=O) groups excluding carboxylic acids is 1. The van der Waals surface area contributed by atoms with Gasteiger partial charge in [0.2, 0.25) is 0 Å². The molecule has 5 nitrogen and oxygen atoms in total. The summed E-state index contributed by atoms with van der Waals surface area (Å²) in [4.78, 5) is 25.1. The summed E-state index contributed by atoms with van der Waals surface area (Å²) in [5.41, 5.74) is 0.630. The molecule has 0 spiro atoms. The van der Waals surface area contributed by atoms with E-state index in [0.29, 0.717) is 52.1 Å². The van der Waals surface area contributed by atoms with Crippen molar-refractivity contribution in [3.05, 3.63) is 51.8 Å². The van der Waals surface area contributed by atoms with E-state index in [1.165, 1.54) is 28.8 Å². The number of aliphatic carboxylic acids is 1. The van der Waals surface area contributed by atoms with Crippen LogP contribution in [-0.4, -0.2) is 32.7 Å². The molecule has 0 saturated carbocycles. The highest BCUT2D eigenvalue weighted by Crippen LogP contribution is 2.34. The summed E-state index contributed by atoms with van der Waals surface area (Å²) in [6.07, 6.45) is 3.71. The van der Waals surface area contributed by atoms with Crippen molar-refractivity contribution < 1.29 is 23.5 Å². The molecule has 0 bridgehead atoms. The van der Waals surface area contributed by atoms with E-state index in [2.05, 4.69) is 0 Å². The van der Waals surface area contributed by atoms with E-state index >= 15 is 0 Å². The summed E-state index contributed by atoms with van der Waals surface area (Å²) in [6.45, 7) is 0.457. The molecule has 9 heteroatoms. The topological polar surface area (TPSA) is 70.8 Å². The Labute approximate surface area is 181 Å². The number of halogens is 2. The molecule has 0 unspecified atom stereocenters. The van der Waals surface area contributed by atoms with Crippen LogP contribution < -0.4 is 0 Å². The highest BCUT2D eigenvalue weighted by molar-refractivity contribution is 8.26. The number of thioether (sulfide) groups is 1. The molecule has 1 aliphatic heterocycles. The summed E-state index contributed by atoms with van der Waals surface area (Å²) in [6, 6.07) is 7.74. The third kappa shape index (κ3) is 5.46. The van der Waals surface area contributed by atoms with Gasteiger partial charge in [-0.25, -0.2) is 4.39 Å². The van der Waals surface area contributed by atoms with Crippen molar-refractivity contribution in [2.24, 2.45) is 0 Å². The quantitative estimate of drug-likeness (QED) is 0.319. The number of carboxylic acids is 1. The molecule has 152 valence electrons. The van der Waals surface area contributed by atoms with Crippen molar-refractivity contribution in [3.63, 3.8) is 0 Å². The van der Waals surface area contributed by atoms with Crippen LogP contribution >= 0.6 is 35.6 Å². The second kappa shape index (κ2) is 9.56. The molecule has 0 radical (unpaired) electrons. The van der Waals surface area contributed by atoms with Gasteiger partial charge in [0.25, 0.3) is 5.91 Å². The van der Waals surface area contributed by atoms with Crippen molar-refractivity contribution in [2.45, 2.75) is 25.7 Å². The van der Waals surface area contributed by atoms with Crippen LogP contribution in [0.5, 0.6) is 0 Å². The molecule has 1 aromatic carbocycles. The van der Waals surface area contributed by atoms with Gasteiger partial charge in [-0.3, -0.25) is 14.5 Å². The van der Waals surface area contributed by atoms with Crippen molar-refractivity contribution in [3.8, 4) is 11.3 Å². The zero-order valence-electron chi connectivity index (χ0n) is 15.2. The molecular weight excluding hydrogens is 437 g/mol. The fraction of sp³-hybridized carbons (Fsp3) is 0.250. The van der Waals surface area contributed by atoms with Crippen molar-refractivity contribution >= 4 is 57.9 Å². The van der Waals surface area contributed by atoms with E-state index in [1.807, 2.05) is 0 Å². The summed E-state index contributed by atoms with van der Waals surface area (Å²) in [7, 11) is 0. The predicted molar refractivity (Wildman–Crippen MR) is 115 cm³/mol. The lowest BCUT2D eigenvalue weighted by molar-refractivity contribution is -0.137. The van der Waals surface area contributed by atoms with Crippen LogP contribution in [0.3, 0.4) is 0 Å². The Morgan fingerprint density at radius 2 is 2.07 bits per heavy atom. The Hall–Kier alpha value is -2.16. The van der Waals surface area contributed by atoms with Gasteiger partial charge in [-0.1, -0.05) is 42.0 Å². The number of thiocarbonyl (C=S) groups is 1. The molecule has 0 aliphatic carbocycles. The maximum absolute atomic E-state index is 13.3. The van der Waals surface area contributed by atoms with Gasteiger partial charge in [-0.05, 0) is 43.2 Å². The number of benzene rings is 1. The smallest absolute Gasteiger partial charge is 0.303 e. The van der Waals surface area contributed by atoms with Crippen LogP contribution in [0.4, 0.5) is 4.39 Å². The van der Waals surface area contributed by atoms with Crippen LogP contribution in [0.25, 0.3) is 17.4 Å². The lowest BCUT2D eigenvalue weighted by Crippen LogP contribution is -2.29. The first-order chi connectivity index (χ1) is 13.8. The lowest BCUT2D eigenvalue weighted by atomic mass is 10.2. The molecule has 1 aliphatic rings. The predicted octanol–water partition coefficient (Wildman–Crippen LogP) is 5.59. The number of carboxylic acid groups (broad SMARTS) is 1. The number of nitrogens with zero attached hydrogens (tertiary/aromatic N) is 1. The van der Waals surface area contributed by atoms with Gasteiger partial charge in [0, 0.05) is 24.6 Å². The highest BCUT2D eigenvalue weighted by Gasteiger charge is 2.31. The van der Waals surface area contributed by atoms with Crippen molar-refractivity contribution in [1.82, 2.24) is 4.90 Å². The minimum absolute atomic E-state index is 0.00433. The zero-order chi connectivity index (χ0) is 21.0. The molecule has 1 aromatic heterocycles. The first kappa shape index (κ1) is 21.5. The standard InChI is InChI=1S/C20H17ClFNO4S2/c21-14-10-12(5-7-15(14)22)16-8-6-13(27-16)11-17-19(26)23(20(28)29-17)9-3-1-2-4-18(24)25/h5-8,10-11H,1-4,9H2,(H,24,25)/b17-11-. The third-order valence-electron chi connectivity index (χ3n) is 4.25. The average molecular weight is 454 g/mol. The molecule has 2 heterocycles.